The van der Waals surface area contributed by atoms with E-state index in [2.05, 4.69) is 0 Å². The van der Waals surface area contributed by atoms with Crippen LogP contribution in [0.1, 0.15) is 6.42 Å². The number of carboxylic acids is 1. The first-order valence-electron chi connectivity index (χ1n) is 5.66. The second-order valence-corrected chi connectivity index (χ2v) is 6.60. The Kier molecular flexibility index (Phi) is 5.03. The van der Waals surface area contributed by atoms with Gasteiger partial charge in [-0.15, -0.1) is 11.8 Å². The predicted molar refractivity (Wildman–Crippen MR) is 82.5 cm³/mol. The molecule has 0 saturated carbocycles. The average molecular weight is 369 g/mol. The molecule has 1 saturated heterocycles. The summed E-state index contributed by atoms with van der Waals surface area (Å²) in [5, 5.41) is 8.39. The van der Waals surface area contributed by atoms with Crippen LogP contribution in [0.3, 0.4) is 0 Å². The van der Waals surface area contributed by atoms with Crippen molar-refractivity contribution < 1.29 is 19.5 Å². The SMILES string of the molecule is O=C(O)CSC1CC(=O)N(c2cc(Cl)c(Cl)cc2Cl)C1=O. The van der Waals surface area contributed by atoms with Crippen LogP contribution >= 0.6 is 46.6 Å². The van der Waals surface area contributed by atoms with Gasteiger partial charge < -0.3 is 5.11 Å². The van der Waals surface area contributed by atoms with Gasteiger partial charge in [-0.2, -0.15) is 0 Å². The Balaban J connectivity index is 2.28. The molecule has 2 rings (SSSR count). The van der Waals surface area contributed by atoms with Crippen molar-refractivity contribution in [2.24, 2.45) is 0 Å². The maximum atomic E-state index is 12.2. The van der Waals surface area contributed by atoms with Gasteiger partial charge in [0, 0.05) is 6.42 Å². The maximum absolute atomic E-state index is 12.2. The number of carbonyl (C=O) groups excluding carboxylic acids is 2. The van der Waals surface area contributed by atoms with Crippen molar-refractivity contribution >= 4 is 70.0 Å². The summed E-state index contributed by atoms with van der Waals surface area (Å²) < 4.78 is 0. The first-order chi connectivity index (χ1) is 9.81. The van der Waals surface area contributed by atoms with Crippen LogP contribution in [0, 0.1) is 0 Å². The molecule has 1 N–H and O–H groups in total. The lowest BCUT2D eigenvalue weighted by molar-refractivity contribution is -0.134. The van der Waals surface area contributed by atoms with Crippen LogP contribution in [-0.4, -0.2) is 33.9 Å². The van der Waals surface area contributed by atoms with E-state index in [1.807, 2.05) is 0 Å². The third-order valence-electron chi connectivity index (χ3n) is 2.74. The summed E-state index contributed by atoms with van der Waals surface area (Å²) in [6, 6.07) is 2.69. The van der Waals surface area contributed by atoms with E-state index in [0.717, 1.165) is 16.7 Å². The molecule has 1 atom stereocenters. The van der Waals surface area contributed by atoms with Gasteiger partial charge in [-0.1, -0.05) is 34.8 Å². The molecule has 0 bridgehead atoms. The Morgan fingerprint density at radius 3 is 2.48 bits per heavy atom. The summed E-state index contributed by atoms with van der Waals surface area (Å²) in [7, 11) is 0. The number of imide groups is 1. The van der Waals surface area contributed by atoms with E-state index in [1.165, 1.54) is 12.1 Å². The van der Waals surface area contributed by atoms with Crippen LogP contribution in [0.15, 0.2) is 12.1 Å². The highest BCUT2D eigenvalue weighted by atomic mass is 35.5. The molecule has 9 heteroatoms. The second kappa shape index (κ2) is 6.44. The third kappa shape index (κ3) is 3.45. The molecule has 0 radical (unpaired) electrons. The molecule has 1 fully saturated rings. The predicted octanol–water partition coefficient (Wildman–Crippen LogP) is 3.10. The zero-order valence-corrected chi connectivity index (χ0v) is 13.4. The number of thioether (sulfide) groups is 1. The summed E-state index contributed by atoms with van der Waals surface area (Å²) in [4.78, 5) is 35.7. The van der Waals surface area contributed by atoms with Crippen molar-refractivity contribution in [2.75, 3.05) is 10.7 Å². The van der Waals surface area contributed by atoms with E-state index < -0.39 is 23.0 Å². The molecule has 1 aliphatic heterocycles. The van der Waals surface area contributed by atoms with Crippen LogP contribution in [0.5, 0.6) is 0 Å². The molecule has 0 spiro atoms. The van der Waals surface area contributed by atoms with E-state index in [-0.39, 0.29) is 32.9 Å². The Bertz CT molecular complexity index is 637. The highest BCUT2D eigenvalue weighted by Crippen LogP contribution is 2.38. The monoisotopic (exact) mass is 367 g/mol. The van der Waals surface area contributed by atoms with Crippen LogP contribution in [-0.2, 0) is 14.4 Å². The lowest BCUT2D eigenvalue weighted by atomic mass is 10.3. The maximum Gasteiger partial charge on any atom is 0.313 e. The Hall–Kier alpha value is -0.950. The standard InChI is InChI=1S/C12H8Cl3NO4S/c13-5-1-7(15)8(2-6(5)14)16-10(17)3-9(12(16)20)21-4-11(18)19/h1-2,9H,3-4H2,(H,18,19). The largest absolute Gasteiger partial charge is 0.481 e. The molecule has 2 amide bonds. The van der Waals surface area contributed by atoms with Crippen LogP contribution in [0.4, 0.5) is 5.69 Å². The molecule has 1 unspecified atom stereocenters. The van der Waals surface area contributed by atoms with E-state index in [0.29, 0.717) is 0 Å². The number of amides is 2. The number of hydrogen-bond acceptors (Lipinski definition) is 4. The molecular weight excluding hydrogens is 361 g/mol. The minimum absolute atomic E-state index is 0.0760. The molecule has 1 aliphatic rings. The number of benzene rings is 1. The van der Waals surface area contributed by atoms with Crippen LogP contribution in [0.2, 0.25) is 15.1 Å². The van der Waals surface area contributed by atoms with Gasteiger partial charge in [0.25, 0.3) is 0 Å². The van der Waals surface area contributed by atoms with Crippen molar-refractivity contribution in [1.29, 1.82) is 0 Å². The van der Waals surface area contributed by atoms with Gasteiger partial charge in [-0.25, -0.2) is 4.90 Å². The fourth-order valence-corrected chi connectivity index (χ4v) is 3.32. The van der Waals surface area contributed by atoms with Crippen molar-refractivity contribution in [2.45, 2.75) is 11.7 Å². The van der Waals surface area contributed by atoms with Crippen LogP contribution < -0.4 is 4.90 Å². The highest BCUT2D eigenvalue weighted by Gasteiger charge is 2.41. The molecule has 112 valence electrons. The molecule has 1 aromatic rings. The number of carbonyl (C=O) groups is 3. The van der Waals surface area contributed by atoms with E-state index in [9.17, 15) is 14.4 Å². The minimum atomic E-state index is -1.05. The van der Waals surface area contributed by atoms with Gasteiger partial charge in [0.15, 0.2) is 0 Å². The molecule has 5 nitrogen and oxygen atoms in total. The van der Waals surface area contributed by atoms with Crippen molar-refractivity contribution in [3.63, 3.8) is 0 Å². The number of nitrogens with zero attached hydrogens (tertiary/aromatic N) is 1. The first kappa shape index (κ1) is 16.4. The zero-order valence-electron chi connectivity index (χ0n) is 10.3. The summed E-state index contributed by atoms with van der Waals surface area (Å²) in [6.45, 7) is 0. The van der Waals surface area contributed by atoms with E-state index in [1.54, 1.807) is 0 Å². The lowest BCUT2D eigenvalue weighted by Crippen LogP contribution is -2.31. The van der Waals surface area contributed by atoms with Gasteiger partial charge in [-0.3, -0.25) is 14.4 Å². The number of rotatable bonds is 4. The Morgan fingerprint density at radius 2 is 1.86 bits per heavy atom. The highest BCUT2D eigenvalue weighted by molar-refractivity contribution is 8.01. The van der Waals surface area contributed by atoms with Crippen molar-refractivity contribution in [1.82, 2.24) is 0 Å². The number of aliphatic carboxylic acids is 1. The third-order valence-corrected chi connectivity index (χ3v) is 4.95. The van der Waals surface area contributed by atoms with Gasteiger partial charge in [-0.05, 0) is 12.1 Å². The minimum Gasteiger partial charge on any atom is -0.481 e. The van der Waals surface area contributed by atoms with Crippen molar-refractivity contribution in [3.8, 4) is 0 Å². The summed E-state index contributed by atoms with van der Waals surface area (Å²) >= 11 is 18.6. The van der Waals surface area contributed by atoms with Crippen LogP contribution in [0.25, 0.3) is 0 Å². The average Bonchev–Trinajstić information content (AvgIpc) is 2.67. The number of halogens is 3. The number of carboxylic acid groups (broad SMARTS) is 1. The smallest absolute Gasteiger partial charge is 0.313 e. The molecule has 1 aromatic carbocycles. The summed E-state index contributed by atoms with van der Waals surface area (Å²) in [5.41, 5.74) is 0.152. The fraction of sp³-hybridized carbons (Fsp3) is 0.250. The summed E-state index contributed by atoms with van der Waals surface area (Å²) in [6.07, 6.45) is -0.0760. The summed E-state index contributed by atoms with van der Waals surface area (Å²) in [5.74, 6) is -2.27. The number of hydrogen-bond donors (Lipinski definition) is 1. The zero-order chi connectivity index (χ0) is 15.7. The first-order valence-corrected chi connectivity index (χ1v) is 7.84. The molecule has 0 aliphatic carbocycles. The lowest BCUT2D eigenvalue weighted by Gasteiger charge is -2.17. The second-order valence-electron chi connectivity index (χ2n) is 4.18. The van der Waals surface area contributed by atoms with E-state index in [4.69, 9.17) is 39.9 Å². The molecule has 21 heavy (non-hydrogen) atoms. The Labute approximate surface area is 139 Å². The molecular formula is C12H8Cl3NO4S. The van der Waals surface area contributed by atoms with Crippen molar-refractivity contribution in [3.05, 3.63) is 27.2 Å². The van der Waals surface area contributed by atoms with Gasteiger partial charge in [0.1, 0.15) is 0 Å². The topological polar surface area (TPSA) is 74.7 Å². The normalized spacial score (nSPS) is 18.4. The molecule has 0 aromatic heterocycles. The van der Waals surface area contributed by atoms with Gasteiger partial charge >= 0.3 is 5.97 Å². The van der Waals surface area contributed by atoms with Gasteiger partial charge in [0.05, 0.1) is 31.8 Å². The molecule has 1 heterocycles. The quantitative estimate of drug-likeness (QED) is 0.653. The van der Waals surface area contributed by atoms with E-state index >= 15 is 0 Å². The fourth-order valence-electron chi connectivity index (χ4n) is 1.84. The number of anilines is 1. The Morgan fingerprint density at radius 1 is 1.24 bits per heavy atom. The van der Waals surface area contributed by atoms with Gasteiger partial charge in [0.2, 0.25) is 11.8 Å².